The van der Waals surface area contributed by atoms with Gasteiger partial charge in [0.1, 0.15) is 0 Å². The standard InChI is InChI=1S/C51H42N4O/c1-35-13-21-40(22-14-35)53(41-23-15-36(2)16-24-41)44-29-31-50-48(33-44)55(47-12-8-7-11-46(47)38-9-5-4-6-10-38)49-34-45(30-32-51(49)56-50)54(42-25-17-37(3)18-26-42)43-27-19-39(52)20-28-43/h4-34H,52H2,1-3H3. The highest BCUT2D eigenvalue weighted by Crippen LogP contribution is 2.55. The number of rotatable bonds is 8. The Morgan fingerprint density at radius 2 is 0.786 bits per heavy atom. The first-order valence-corrected chi connectivity index (χ1v) is 19.0. The molecular formula is C51H42N4O. The lowest BCUT2D eigenvalue weighted by Crippen LogP contribution is -2.19. The molecule has 0 saturated heterocycles. The van der Waals surface area contributed by atoms with Gasteiger partial charge in [0, 0.05) is 45.4 Å². The predicted octanol–water partition coefficient (Wildman–Crippen LogP) is 14.4. The molecular weight excluding hydrogens is 685 g/mol. The minimum absolute atomic E-state index is 0.720. The van der Waals surface area contributed by atoms with Crippen LogP contribution in [0.25, 0.3) is 11.1 Å². The molecule has 272 valence electrons. The van der Waals surface area contributed by atoms with E-state index >= 15 is 0 Å². The Hall–Kier alpha value is -7.24. The molecule has 9 rings (SSSR count). The van der Waals surface area contributed by atoms with Gasteiger partial charge >= 0.3 is 0 Å². The Morgan fingerprint density at radius 3 is 1.25 bits per heavy atom. The van der Waals surface area contributed by atoms with E-state index < -0.39 is 0 Å². The van der Waals surface area contributed by atoms with Gasteiger partial charge in [-0.1, -0.05) is 102 Å². The second-order valence-corrected chi connectivity index (χ2v) is 14.4. The van der Waals surface area contributed by atoms with Crippen molar-refractivity contribution in [1.29, 1.82) is 0 Å². The molecule has 5 heteroatoms. The largest absolute Gasteiger partial charge is 0.453 e. The monoisotopic (exact) mass is 726 g/mol. The zero-order valence-electron chi connectivity index (χ0n) is 31.7. The minimum Gasteiger partial charge on any atom is -0.453 e. The molecule has 1 aliphatic heterocycles. The number of nitrogens with two attached hydrogens (primary N) is 1. The summed E-state index contributed by atoms with van der Waals surface area (Å²) >= 11 is 0. The summed E-state index contributed by atoms with van der Waals surface area (Å²) in [5.74, 6) is 1.55. The van der Waals surface area contributed by atoms with Crippen LogP contribution in [0, 0.1) is 20.8 Å². The molecule has 0 aliphatic carbocycles. The van der Waals surface area contributed by atoms with Crippen molar-refractivity contribution in [2.75, 3.05) is 20.4 Å². The van der Waals surface area contributed by atoms with E-state index in [9.17, 15) is 0 Å². The molecule has 0 spiro atoms. The first-order valence-electron chi connectivity index (χ1n) is 19.0. The summed E-state index contributed by atoms with van der Waals surface area (Å²) in [6.07, 6.45) is 0. The van der Waals surface area contributed by atoms with Crippen molar-refractivity contribution < 1.29 is 4.74 Å². The molecule has 0 unspecified atom stereocenters. The van der Waals surface area contributed by atoms with Gasteiger partial charge in [-0.2, -0.15) is 0 Å². The van der Waals surface area contributed by atoms with Crippen LogP contribution in [0.2, 0.25) is 0 Å². The van der Waals surface area contributed by atoms with Gasteiger partial charge in [-0.25, -0.2) is 0 Å². The number of hydrogen-bond acceptors (Lipinski definition) is 5. The highest BCUT2D eigenvalue weighted by Gasteiger charge is 2.30. The second kappa shape index (κ2) is 14.5. The van der Waals surface area contributed by atoms with Gasteiger partial charge in [0.25, 0.3) is 0 Å². The third kappa shape index (κ3) is 6.60. The smallest absolute Gasteiger partial charge is 0.151 e. The topological polar surface area (TPSA) is 45.0 Å². The lowest BCUT2D eigenvalue weighted by molar-refractivity contribution is 0.477. The summed E-state index contributed by atoms with van der Waals surface area (Å²) < 4.78 is 6.83. The third-order valence-electron chi connectivity index (χ3n) is 10.4. The molecule has 0 bridgehead atoms. The summed E-state index contributed by atoms with van der Waals surface area (Å²) in [6.45, 7) is 6.36. The molecule has 0 atom stereocenters. The van der Waals surface area contributed by atoms with Crippen LogP contribution in [-0.2, 0) is 0 Å². The summed E-state index contributed by atoms with van der Waals surface area (Å²) in [7, 11) is 0. The number of ether oxygens (including phenoxy) is 1. The van der Waals surface area contributed by atoms with E-state index in [2.05, 4.69) is 211 Å². The molecule has 5 nitrogen and oxygen atoms in total. The van der Waals surface area contributed by atoms with Crippen LogP contribution in [0.5, 0.6) is 11.5 Å². The Kier molecular flexibility index (Phi) is 8.96. The Labute approximate surface area is 329 Å². The van der Waals surface area contributed by atoms with Crippen molar-refractivity contribution in [3.8, 4) is 22.6 Å². The average molecular weight is 727 g/mol. The lowest BCUT2D eigenvalue weighted by atomic mass is 10.0. The zero-order chi connectivity index (χ0) is 38.2. The number of fused-ring (bicyclic) bond motifs is 2. The second-order valence-electron chi connectivity index (χ2n) is 14.4. The molecule has 1 aliphatic rings. The normalized spacial score (nSPS) is 11.7. The van der Waals surface area contributed by atoms with E-state index in [1.165, 1.54) is 16.7 Å². The molecule has 8 aromatic carbocycles. The zero-order valence-corrected chi connectivity index (χ0v) is 31.7. The minimum atomic E-state index is 0.720. The molecule has 0 fully saturated rings. The Balaban J connectivity index is 1.27. The van der Waals surface area contributed by atoms with Gasteiger partial charge in [0.15, 0.2) is 11.5 Å². The maximum atomic E-state index is 6.83. The van der Waals surface area contributed by atoms with E-state index in [0.29, 0.717) is 0 Å². The lowest BCUT2D eigenvalue weighted by Gasteiger charge is -2.36. The van der Waals surface area contributed by atoms with Gasteiger partial charge in [0.2, 0.25) is 0 Å². The number of anilines is 10. The van der Waals surface area contributed by atoms with Crippen LogP contribution < -0.4 is 25.2 Å². The van der Waals surface area contributed by atoms with E-state index in [0.717, 1.165) is 79.5 Å². The number of aryl methyl sites for hydroxylation is 3. The first-order chi connectivity index (χ1) is 27.4. The van der Waals surface area contributed by atoms with Crippen LogP contribution in [-0.4, -0.2) is 0 Å². The predicted molar refractivity (Wildman–Crippen MR) is 235 cm³/mol. The quantitative estimate of drug-likeness (QED) is 0.158. The van der Waals surface area contributed by atoms with Crippen LogP contribution in [0.15, 0.2) is 188 Å². The van der Waals surface area contributed by atoms with Crippen molar-refractivity contribution >= 4 is 56.9 Å². The fourth-order valence-corrected chi connectivity index (χ4v) is 7.45. The fraction of sp³-hybridized carbons (Fsp3) is 0.0588. The molecule has 0 aromatic heterocycles. The number of hydrogen-bond donors (Lipinski definition) is 1. The first kappa shape index (κ1) is 34.5. The maximum Gasteiger partial charge on any atom is 0.151 e. The van der Waals surface area contributed by atoms with Crippen molar-refractivity contribution in [1.82, 2.24) is 0 Å². The van der Waals surface area contributed by atoms with Crippen molar-refractivity contribution in [3.63, 3.8) is 0 Å². The number of nitrogen functional groups attached to an aromatic ring is 1. The van der Waals surface area contributed by atoms with E-state index in [-0.39, 0.29) is 0 Å². The average Bonchev–Trinajstić information content (AvgIpc) is 3.23. The van der Waals surface area contributed by atoms with Crippen LogP contribution >= 0.6 is 0 Å². The van der Waals surface area contributed by atoms with E-state index in [1.807, 2.05) is 12.1 Å². The fourth-order valence-electron chi connectivity index (χ4n) is 7.45. The van der Waals surface area contributed by atoms with Crippen molar-refractivity contribution in [2.45, 2.75) is 20.8 Å². The van der Waals surface area contributed by atoms with Gasteiger partial charge < -0.3 is 25.2 Å². The summed E-state index contributed by atoms with van der Waals surface area (Å²) in [5, 5.41) is 0. The molecule has 0 saturated carbocycles. The van der Waals surface area contributed by atoms with E-state index in [1.54, 1.807) is 0 Å². The summed E-state index contributed by atoms with van der Waals surface area (Å²) in [6, 6.07) is 66.2. The molecule has 1 heterocycles. The van der Waals surface area contributed by atoms with Gasteiger partial charge in [-0.3, -0.25) is 0 Å². The molecule has 56 heavy (non-hydrogen) atoms. The Bertz CT molecular complexity index is 2400. The molecule has 2 N–H and O–H groups in total. The van der Waals surface area contributed by atoms with Crippen LogP contribution in [0.4, 0.5) is 56.9 Å². The van der Waals surface area contributed by atoms with Crippen molar-refractivity contribution in [3.05, 3.63) is 205 Å². The summed E-state index contributed by atoms with van der Waals surface area (Å²) in [4.78, 5) is 6.94. The highest BCUT2D eigenvalue weighted by molar-refractivity contribution is 5.96. The number of nitrogens with zero attached hydrogens (tertiary/aromatic N) is 3. The number of benzene rings is 8. The SMILES string of the molecule is Cc1ccc(N(c2ccc(C)cc2)c2ccc3c(c2)N(c2ccccc2-c2ccccc2)c2cc(N(c4ccc(C)cc4)c4ccc(N)cc4)ccc2O3)cc1. The molecule has 0 amide bonds. The van der Waals surface area contributed by atoms with Crippen molar-refractivity contribution in [2.24, 2.45) is 0 Å². The van der Waals surface area contributed by atoms with Gasteiger partial charge in [0.05, 0.1) is 17.1 Å². The summed E-state index contributed by atoms with van der Waals surface area (Å²) in [5.41, 5.74) is 21.9. The maximum absolute atomic E-state index is 6.83. The van der Waals surface area contributed by atoms with Gasteiger partial charge in [-0.15, -0.1) is 0 Å². The molecule has 0 radical (unpaired) electrons. The molecule has 8 aromatic rings. The Morgan fingerprint density at radius 1 is 0.393 bits per heavy atom. The number of para-hydroxylation sites is 1. The van der Waals surface area contributed by atoms with Crippen LogP contribution in [0.1, 0.15) is 16.7 Å². The van der Waals surface area contributed by atoms with Crippen LogP contribution in [0.3, 0.4) is 0 Å². The third-order valence-corrected chi connectivity index (χ3v) is 10.4. The van der Waals surface area contributed by atoms with Gasteiger partial charge in [-0.05, 0) is 129 Å². The van der Waals surface area contributed by atoms with E-state index in [4.69, 9.17) is 10.5 Å². The highest BCUT2D eigenvalue weighted by atomic mass is 16.5.